The number of hydrogen-bond acceptors (Lipinski definition) is 4. The van der Waals surface area contributed by atoms with Gasteiger partial charge in [-0.25, -0.2) is 9.37 Å². The van der Waals surface area contributed by atoms with E-state index in [0.717, 1.165) is 11.8 Å². The summed E-state index contributed by atoms with van der Waals surface area (Å²) < 4.78 is 13.4. The number of nitrogens with zero attached hydrogens (tertiary/aromatic N) is 3. The molecule has 3 heterocycles. The molecule has 0 spiro atoms. The van der Waals surface area contributed by atoms with Crippen LogP contribution in [0, 0.1) is 5.82 Å². The smallest absolute Gasteiger partial charge is 0.142 e. The highest BCUT2D eigenvalue weighted by molar-refractivity contribution is 6.33. The van der Waals surface area contributed by atoms with Gasteiger partial charge in [0.1, 0.15) is 11.6 Å². The van der Waals surface area contributed by atoms with E-state index in [4.69, 9.17) is 17.3 Å². The average Bonchev–Trinajstić information content (AvgIpc) is 2.51. The molecule has 0 aliphatic rings. The van der Waals surface area contributed by atoms with Gasteiger partial charge in [0.25, 0.3) is 0 Å². The number of anilines is 1. The minimum Gasteiger partial charge on any atom is -0.383 e. The van der Waals surface area contributed by atoms with Crippen LogP contribution in [0.1, 0.15) is 0 Å². The fraction of sp³-hybridized carbons (Fsp3) is 0. The van der Waals surface area contributed by atoms with Crippen molar-refractivity contribution < 1.29 is 4.39 Å². The molecular formula is C15H10ClFN4. The van der Waals surface area contributed by atoms with Crippen LogP contribution < -0.4 is 5.73 Å². The van der Waals surface area contributed by atoms with Gasteiger partial charge in [-0.3, -0.25) is 9.97 Å². The summed E-state index contributed by atoms with van der Waals surface area (Å²) >= 11 is 6.16. The molecule has 6 heteroatoms. The molecule has 0 radical (unpaired) electrons. The summed E-state index contributed by atoms with van der Waals surface area (Å²) in [6, 6.07) is 6.73. The van der Waals surface area contributed by atoms with Crippen LogP contribution in [0.15, 0.2) is 49.1 Å². The van der Waals surface area contributed by atoms with Gasteiger partial charge in [0, 0.05) is 35.3 Å². The van der Waals surface area contributed by atoms with Gasteiger partial charge in [-0.05, 0) is 24.3 Å². The maximum Gasteiger partial charge on any atom is 0.142 e. The topological polar surface area (TPSA) is 64.7 Å². The third-order valence-corrected chi connectivity index (χ3v) is 3.29. The SMILES string of the molecule is Nc1ncc(F)cc1-c1cc(-c2cccnc2)ncc1Cl. The Kier molecular flexibility index (Phi) is 3.50. The number of hydrogen-bond donors (Lipinski definition) is 1. The number of aromatic nitrogens is 3. The molecule has 0 bridgehead atoms. The van der Waals surface area contributed by atoms with Crippen molar-refractivity contribution in [3.05, 3.63) is 59.9 Å². The van der Waals surface area contributed by atoms with Gasteiger partial charge in [-0.2, -0.15) is 0 Å². The quantitative estimate of drug-likeness (QED) is 0.785. The summed E-state index contributed by atoms with van der Waals surface area (Å²) in [5.74, 6) is -0.267. The fourth-order valence-corrected chi connectivity index (χ4v) is 2.19. The Balaban J connectivity index is 2.17. The zero-order valence-corrected chi connectivity index (χ0v) is 11.5. The van der Waals surface area contributed by atoms with Gasteiger partial charge in [-0.15, -0.1) is 0 Å². The molecule has 0 unspecified atom stereocenters. The first-order valence-electron chi connectivity index (χ1n) is 6.12. The molecule has 2 N–H and O–H groups in total. The van der Waals surface area contributed by atoms with Gasteiger partial charge in [-0.1, -0.05) is 11.6 Å². The predicted octanol–water partition coefficient (Wildman–Crippen LogP) is 3.58. The zero-order valence-electron chi connectivity index (χ0n) is 10.8. The first kappa shape index (κ1) is 13.5. The molecule has 104 valence electrons. The molecule has 3 aromatic heterocycles. The van der Waals surface area contributed by atoms with Crippen LogP contribution in [0.2, 0.25) is 5.02 Å². The third kappa shape index (κ3) is 2.68. The number of halogens is 2. The van der Waals surface area contributed by atoms with E-state index in [0.29, 0.717) is 21.8 Å². The Bertz CT molecular complexity index is 793. The van der Waals surface area contributed by atoms with Crippen molar-refractivity contribution in [2.45, 2.75) is 0 Å². The van der Waals surface area contributed by atoms with E-state index in [1.54, 1.807) is 18.5 Å². The van der Waals surface area contributed by atoms with E-state index < -0.39 is 5.82 Å². The molecule has 3 rings (SSSR count). The zero-order chi connectivity index (χ0) is 14.8. The highest BCUT2D eigenvalue weighted by atomic mass is 35.5. The Labute approximate surface area is 125 Å². The first-order valence-corrected chi connectivity index (χ1v) is 6.50. The lowest BCUT2D eigenvalue weighted by molar-refractivity contribution is 0.622. The summed E-state index contributed by atoms with van der Waals surface area (Å²) in [5.41, 5.74) is 8.33. The lowest BCUT2D eigenvalue weighted by Gasteiger charge is -2.09. The van der Waals surface area contributed by atoms with E-state index in [-0.39, 0.29) is 5.82 Å². The molecule has 3 aromatic rings. The second kappa shape index (κ2) is 5.46. The van der Waals surface area contributed by atoms with Gasteiger partial charge >= 0.3 is 0 Å². The van der Waals surface area contributed by atoms with Gasteiger partial charge in [0.05, 0.1) is 16.9 Å². The van der Waals surface area contributed by atoms with E-state index in [1.807, 2.05) is 12.1 Å². The molecule has 0 atom stereocenters. The molecule has 0 aliphatic carbocycles. The second-order valence-electron chi connectivity index (χ2n) is 4.38. The van der Waals surface area contributed by atoms with Crippen molar-refractivity contribution in [2.75, 3.05) is 5.73 Å². The minimum absolute atomic E-state index is 0.210. The van der Waals surface area contributed by atoms with Gasteiger partial charge < -0.3 is 5.73 Å². The van der Waals surface area contributed by atoms with Gasteiger partial charge in [0.2, 0.25) is 0 Å². The average molecular weight is 301 g/mol. The minimum atomic E-state index is -0.477. The standard InChI is InChI=1S/C15H10ClFN4/c16-13-8-20-14(9-2-1-3-19-6-9)5-11(13)12-4-10(17)7-21-15(12)18/h1-8H,(H2,18,21). The van der Waals surface area contributed by atoms with E-state index in [1.165, 1.54) is 12.3 Å². The van der Waals surface area contributed by atoms with Crippen molar-refractivity contribution in [2.24, 2.45) is 0 Å². The molecule has 21 heavy (non-hydrogen) atoms. The van der Waals surface area contributed by atoms with Crippen molar-refractivity contribution in [3.63, 3.8) is 0 Å². The molecular weight excluding hydrogens is 291 g/mol. The fourth-order valence-electron chi connectivity index (χ4n) is 1.98. The summed E-state index contributed by atoms with van der Waals surface area (Å²) in [6.45, 7) is 0. The summed E-state index contributed by atoms with van der Waals surface area (Å²) in [4.78, 5) is 12.1. The molecule has 0 saturated heterocycles. The Morgan fingerprint density at radius 3 is 2.67 bits per heavy atom. The molecule has 0 saturated carbocycles. The monoisotopic (exact) mass is 300 g/mol. The van der Waals surface area contributed by atoms with Crippen molar-refractivity contribution in [3.8, 4) is 22.4 Å². The normalized spacial score (nSPS) is 10.6. The van der Waals surface area contributed by atoms with Crippen molar-refractivity contribution in [1.29, 1.82) is 0 Å². The molecule has 0 fully saturated rings. The van der Waals surface area contributed by atoms with Crippen LogP contribution in [-0.2, 0) is 0 Å². The maximum absolute atomic E-state index is 13.4. The third-order valence-electron chi connectivity index (χ3n) is 2.99. The highest BCUT2D eigenvalue weighted by Gasteiger charge is 2.12. The van der Waals surface area contributed by atoms with E-state index in [9.17, 15) is 4.39 Å². The first-order chi connectivity index (χ1) is 10.1. The van der Waals surface area contributed by atoms with Crippen LogP contribution in [0.4, 0.5) is 10.2 Å². The predicted molar refractivity (Wildman–Crippen MR) is 80.1 cm³/mol. The van der Waals surface area contributed by atoms with Crippen LogP contribution in [0.5, 0.6) is 0 Å². The van der Waals surface area contributed by atoms with Crippen LogP contribution in [-0.4, -0.2) is 15.0 Å². The number of nitrogens with two attached hydrogens (primary N) is 1. The van der Waals surface area contributed by atoms with Crippen LogP contribution >= 0.6 is 11.6 Å². The Hall–Kier alpha value is -2.53. The lowest BCUT2D eigenvalue weighted by atomic mass is 10.0. The number of pyridine rings is 3. The number of rotatable bonds is 2. The van der Waals surface area contributed by atoms with Gasteiger partial charge in [0.15, 0.2) is 0 Å². The Morgan fingerprint density at radius 1 is 1.05 bits per heavy atom. The van der Waals surface area contributed by atoms with E-state index >= 15 is 0 Å². The lowest BCUT2D eigenvalue weighted by Crippen LogP contribution is -1.96. The molecule has 4 nitrogen and oxygen atoms in total. The summed E-state index contributed by atoms with van der Waals surface area (Å²) in [6.07, 6.45) is 5.93. The number of nitrogen functional groups attached to an aromatic ring is 1. The molecule has 0 amide bonds. The van der Waals surface area contributed by atoms with Crippen molar-refractivity contribution in [1.82, 2.24) is 15.0 Å². The molecule has 0 aliphatic heterocycles. The summed E-state index contributed by atoms with van der Waals surface area (Å²) in [7, 11) is 0. The van der Waals surface area contributed by atoms with Crippen LogP contribution in [0.3, 0.4) is 0 Å². The second-order valence-corrected chi connectivity index (χ2v) is 4.78. The summed E-state index contributed by atoms with van der Waals surface area (Å²) in [5, 5.41) is 0.377. The van der Waals surface area contributed by atoms with Crippen molar-refractivity contribution >= 4 is 17.4 Å². The largest absolute Gasteiger partial charge is 0.383 e. The van der Waals surface area contributed by atoms with Crippen LogP contribution in [0.25, 0.3) is 22.4 Å². The Morgan fingerprint density at radius 2 is 1.90 bits per heavy atom. The maximum atomic E-state index is 13.4. The highest BCUT2D eigenvalue weighted by Crippen LogP contribution is 2.33. The molecule has 0 aromatic carbocycles. The van der Waals surface area contributed by atoms with E-state index in [2.05, 4.69) is 15.0 Å².